The molecule has 1 unspecified atom stereocenters. The molecule has 2 amide bonds. The van der Waals surface area contributed by atoms with Crippen molar-refractivity contribution in [2.24, 2.45) is 0 Å². The number of urea groups is 1. The first kappa shape index (κ1) is 30.1. The van der Waals surface area contributed by atoms with Gasteiger partial charge in [-0.2, -0.15) is 0 Å². The molecule has 0 spiro atoms. The minimum Gasteiger partial charge on any atom is -0.493 e. The highest BCUT2D eigenvalue weighted by Crippen LogP contribution is 2.46. The monoisotopic (exact) mass is 550 g/mol. The lowest BCUT2D eigenvalue weighted by atomic mass is 9.73. The molecule has 0 heterocycles. The van der Waals surface area contributed by atoms with Gasteiger partial charge in [0.25, 0.3) is 5.92 Å². The van der Waals surface area contributed by atoms with Gasteiger partial charge in [0.2, 0.25) is 0 Å². The van der Waals surface area contributed by atoms with Gasteiger partial charge in [0.05, 0.1) is 19.3 Å². The summed E-state index contributed by atoms with van der Waals surface area (Å²) >= 11 is 0. The van der Waals surface area contributed by atoms with Crippen LogP contribution in [0.2, 0.25) is 0 Å². The molecule has 1 aliphatic rings. The van der Waals surface area contributed by atoms with Gasteiger partial charge >= 0.3 is 12.0 Å². The fraction of sp³-hybridized carbons (Fsp3) is 0.517. The van der Waals surface area contributed by atoms with Crippen molar-refractivity contribution < 1.29 is 37.3 Å². The van der Waals surface area contributed by atoms with E-state index in [-0.39, 0.29) is 12.4 Å². The lowest BCUT2D eigenvalue weighted by molar-refractivity contribution is -0.175. The number of rotatable bonds is 13. The van der Waals surface area contributed by atoms with Crippen LogP contribution in [0.25, 0.3) is 0 Å². The van der Waals surface area contributed by atoms with Crippen molar-refractivity contribution in [1.82, 2.24) is 10.2 Å². The van der Waals surface area contributed by atoms with E-state index in [4.69, 9.17) is 9.47 Å². The summed E-state index contributed by atoms with van der Waals surface area (Å²) in [5.74, 6) is -3.78. The third-order valence-electron chi connectivity index (χ3n) is 7.07. The highest BCUT2D eigenvalue weighted by Gasteiger charge is 2.62. The Kier molecular flexibility index (Phi) is 9.74. The molecule has 0 radical (unpaired) electrons. The van der Waals surface area contributed by atoms with E-state index in [9.17, 15) is 27.9 Å². The van der Waals surface area contributed by atoms with Crippen LogP contribution in [0.1, 0.15) is 69.2 Å². The first-order valence-electron chi connectivity index (χ1n) is 13.3. The van der Waals surface area contributed by atoms with Crippen molar-refractivity contribution in [3.8, 4) is 11.5 Å². The third-order valence-corrected chi connectivity index (χ3v) is 7.07. The summed E-state index contributed by atoms with van der Waals surface area (Å²) in [7, 11) is 0. The zero-order chi connectivity index (χ0) is 28.8. The number of halogens is 3. The second-order valence-corrected chi connectivity index (χ2v) is 9.95. The molecule has 10 heteroatoms. The number of carboxylic acid groups (broad SMARTS) is 1. The van der Waals surface area contributed by atoms with Crippen molar-refractivity contribution in [2.45, 2.75) is 77.3 Å². The number of carbonyl (C=O) groups is 2. The summed E-state index contributed by atoms with van der Waals surface area (Å²) in [4.78, 5) is 26.8. The summed E-state index contributed by atoms with van der Waals surface area (Å²) in [5.41, 5.74) is 0.00727. The van der Waals surface area contributed by atoms with Crippen molar-refractivity contribution >= 4 is 12.0 Å². The Labute approximate surface area is 227 Å². The van der Waals surface area contributed by atoms with E-state index in [1.807, 2.05) is 20.8 Å². The molecular formula is C29H37F3N2O5. The third kappa shape index (κ3) is 7.16. The molecule has 0 bridgehead atoms. The maximum atomic E-state index is 14.0. The Morgan fingerprint density at radius 3 is 2.18 bits per heavy atom. The molecule has 0 aromatic heterocycles. The van der Waals surface area contributed by atoms with Gasteiger partial charge in [-0.25, -0.2) is 22.8 Å². The second-order valence-electron chi connectivity index (χ2n) is 9.95. The van der Waals surface area contributed by atoms with Crippen molar-refractivity contribution in [2.75, 3.05) is 19.8 Å². The van der Waals surface area contributed by atoms with Gasteiger partial charge in [-0.1, -0.05) is 18.2 Å². The zero-order valence-electron chi connectivity index (χ0n) is 22.9. The lowest BCUT2D eigenvalue weighted by Gasteiger charge is -2.45. The molecular weight excluding hydrogens is 513 g/mol. The number of carbonyl (C=O) groups excluding carboxylic acids is 1. The Bertz CT molecular complexity index is 1140. The number of nitrogens with zero attached hydrogens (tertiary/aromatic N) is 1. The fourth-order valence-corrected chi connectivity index (χ4v) is 4.88. The van der Waals surface area contributed by atoms with Crippen molar-refractivity contribution in [3.63, 3.8) is 0 Å². The van der Waals surface area contributed by atoms with Gasteiger partial charge in [-0.3, -0.25) is 0 Å². The molecule has 0 saturated heterocycles. The normalized spacial score (nSPS) is 16.1. The number of hydrogen-bond donors (Lipinski definition) is 2. The minimum absolute atomic E-state index is 0.190. The van der Waals surface area contributed by atoms with E-state index in [0.717, 1.165) is 5.56 Å². The number of amides is 2. The largest absolute Gasteiger partial charge is 0.493 e. The molecule has 0 aliphatic heterocycles. The van der Waals surface area contributed by atoms with Crippen LogP contribution in [0.3, 0.4) is 0 Å². The molecule has 214 valence electrons. The summed E-state index contributed by atoms with van der Waals surface area (Å²) < 4.78 is 53.0. The molecule has 1 saturated carbocycles. The number of ether oxygens (including phenoxy) is 2. The van der Waals surface area contributed by atoms with Gasteiger partial charge in [0.15, 0.2) is 5.54 Å². The van der Waals surface area contributed by atoms with E-state index in [2.05, 4.69) is 5.32 Å². The predicted molar refractivity (Wildman–Crippen MR) is 141 cm³/mol. The van der Waals surface area contributed by atoms with Crippen LogP contribution in [0.5, 0.6) is 11.5 Å². The van der Waals surface area contributed by atoms with E-state index in [0.29, 0.717) is 55.1 Å². The second kappa shape index (κ2) is 12.6. The molecule has 39 heavy (non-hydrogen) atoms. The quantitative estimate of drug-likeness (QED) is 0.287. The number of alkyl halides is 2. The Hall–Kier alpha value is -3.43. The van der Waals surface area contributed by atoms with Crippen LogP contribution < -0.4 is 14.8 Å². The number of aryl methyl sites for hydroxylation is 1. The lowest BCUT2D eigenvalue weighted by Crippen LogP contribution is -2.68. The van der Waals surface area contributed by atoms with Gasteiger partial charge in [-0.15, -0.1) is 0 Å². The molecule has 1 aliphatic carbocycles. The highest BCUT2D eigenvalue weighted by molar-refractivity contribution is 5.88. The molecule has 7 nitrogen and oxygen atoms in total. The fourth-order valence-electron chi connectivity index (χ4n) is 4.88. The minimum atomic E-state index is -3.16. The summed E-state index contributed by atoms with van der Waals surface area (Å²) in [6.45, 7) is 8.37. The predicted octanol–water partition coefficient (Wildman–Crippen LogP) is 6.28. The summed E-state index contributed by atoms with van der Waals surface area (Å²) in [6.07, 6.45) is -0.448. The SMILES string of the molecule is CCOc1cc(C(C)N(CCCCc2ccccc2F)C(=O)NC2(C(=O)O)CC(F)(F)C2)cc(OCC)c1C. The summed E-state index contributed by atoms with van der Waals surface area (Å²) in [5, 5.41) is 12.0. The number of aliphatic carboxylic acids is 1. The number of carboxylic acids is 1. The van der Waals surface area contributed by atoms with Gasteiger partial charge in [0, 0.05) is 24.9 Å². The topological polar surface area (TPSA) is 88.1 Å². The Morgan fingerprint density at radius 2 is 1.67 bits per heavy atom. The Balaban J connectivity index is 1.86. The van der Waals surface area contributed by atoms with E-state index >= 15 is 0 Å². The average Bonchev–Trinajstić information content (AvgIpc) is 2.85. The highest BCUT2D eigenvalue weighted by atomic mass is 19.3. The number of benzene rings is 2. The van der Waals surface area contributed by atoms with Crippen LogP contribution in [0.15, 0.2) is 36.4 Å². The number of nitrogens with one attached hydrogen (secondary N) is 1. The van der Waals surface area contributed by atoms with Gasteiger partial charge < -0.3 is 24.8 Å². The average molecular weight is 551 g/mol. The molecule has 2 N–H and O–H groups in total. The van der Waals surface area contributed by atoms with Crippen LogP contribution in [0, 0.1) is 12.7 Å². The number of hydrogen-bond acceptors (Lipinski definition) is 4. The summed E-state index contributed by atoms with van der Waals surface area (Å²) in [6, 6.07) is 8.72. The maximum Gasteiger partial charge on any atom is 0.329 e. The van der Waals surface area contributed by atoms with Crippen LogP contribution in [-0.2, 0) is 11.2 Å². The first-order valence-corrected chi connectivity index (χ1v) is 13.3. The molecule has 2 aromatic rings. The Morgan fingerprint density at radius 1 is 1.08 bits per heavy atom. The zero-order valence-corrected chi connectivity index (χ0v) is 22.9. The van der Waals surface area contributed by atoms with Gasteiger partial charge in [-0.05, 0) is 76.3 Å². The standard InChI is InChI=1S/C29H37F3N2O5/c1-5-38-24-15-22(16-25(19(24)3)39-6-2)20(4)34(14-10-9-12-21-11-7-8-13-23(21)30)27(37)33-28(26(35)36)17-29(31,32)18-28/h7-8,11,13,15-16,20H,5-6,9-10,12,14,17-18H2,1-4H3,(H,33,37)(H,35,36). The van der Waals surface area contributed by atoms with Crippen LogP contribution in [-0.4, -0.2) is 53.2 Å². The van der Waals surface area contributed by atoms with E-state index in [1.54, 1.807) is 37.3 Å². The van der Waals surface area contributed by atoms with Crippen molar-refractivity contribution in [1.29, 1.82) is 0 Å². The molecule has 3 rings (SSSR count). The van der Waals surface area contributed by atoms with E-state index in [1.165, 1.54) is 11.0 Å². The molecule has 1 atom stereocenters. The maximum absolute atomic E-state index is 14.0. The molecule has 2 aromatic carbocycles. The van der Waals surface area contributed by atoms with Crippen molar-refractivity contribution in [3.05, 3.63) is 58.9 Å². The van der Waals surface area contributed by atoms with Crippen LogP contribution >= 0.6 is 0 Å². The smallest absolute Gasteiger partial charge is 0.329 e. The van der Waals surface area contributed by atoms with Gasteiger partial charge in [0.1, 0.15) is 17.3 Å². The van der Waals surface area contributed by atoms with Crippen LogP contribution in [0.4, 0.5) is 18.0 Å². The van der Waals surface area contributed by atoms with E-state index < -0.39 is 42.3 Å². The molecule has 1 fully saturated rings. The number of unbranched alkanes of at least 4 members (excludes halogenated alkanes) is 1. The first-order chi connectivity index (χ1) is 18.4.